The second kappa shape index (κ2) is 6.80. The van der Waals surface area contributed by atoms with Crippen molar-refractivity contribution in [2.75, 3.05) is 18.5 Å². The molecule has 1 fully saturated rings. The summed E-state index contributed by atoms with van der Waals surface area (Å²) in [7, 11) is 1.90. The van der Waals surface area contributed by atoms with E-state index >= 15 is 0 Å². The molecule has 0 radical (unpaired) electrons. The number of nitrogens with one attached hydrogen (secondary N) is 1. The fourth-order valence-electron chi connectivity index (χ4n) is 3.56. The van der Waals surface area contributed by atoms with Gasteiger partial charge in [-0.3, -0.25) is 4.68 Å². The van der Waals surface area contributed by atoms with E-state index in [1.54, 1.807) is 4.68 Å². The Morgan fingerprint density at radius 3 is 2.92 bits per heavy atom. The summed E-state index contributed by atoms with van der Waals surface area (Å²) in [5.74, 6) is 2.02. The third kappa shape index (κ3) is 3.22. The van der Waals surface area contributed by atoms with E-state index in [0.29, 0.717) is 5.92 Å². The molecule has 1 N–H and O–H groups in total. The summed E-state index contributed by atoms with van der Waals surface area (Å²) in [5.41, 5.74) is 2.11. The Kier molecular flexibility index (Phi) is 4.36. The first-order valence-corrected chi connectivity index (χ1v) is 8.79. The lowest BCUT2D eigenvalue weighted by Crippen LogP contribution is -2.28. The number of fused-ring (bicyclic) bond motifs is 1. The predicted octanol–water partition coefficient (Wildman–Crippen LogP) is 3.25. The Morgan fingerprint density at radius 2 is 2.08 bits per heavy atom. The lowest BCUT2D eigenvalue weighted by Gasteiger charge is -2.32. The van der Waals surface area contributed by atoms with Crippen LogP contribution >= 0.6 is 0 Å². The van der Waals surface area contributed by atoms with Crippen molar-refractivity contribution in [2.45, 2.75) is 25.9 Å². The average Bonchev–Trinajstić information content (AvgIpc) is 3.02. The van der Waals surface area contributed by atoms with Crippen molar-refractivity contribution >= 4 is 16.9 Å². The molecule has 3 aromatic rings. The Balaban J connectivity index is 1.56. The molecule has 2 atom stereocenters. The molecule has 1 aliphatic rings. The highest BCUT2D eigenvalue weighted by molar-refractivity contribution is 5.86. The van der Waals surface area contributed by atoms with Crippen molar-refractivity contribution in [3.8, 4) is 0 Å². The predicted molar refractivity (Wildman–Crippen MR) is 97.4 cm³/mol. The Hall–Kier alpha value is -2.47. The molecule has 130 valence electrons. The molecule has 1 aliphatic heterocycles. The molecule has 1 saturated heterocycles. The Morgan fingerprint density at radius 1 is 1.24 bits per heavy atom. The first-order valence-electron chi connectivity index (χ1n) is 8.79. The highest BCUT2D eigenvalue weighted by Gasteiger charge is 2.27. The van der Waals surface area contributed by atoms with Crippen LogP contribution in [0.4, 0.5) is 5.82 Å². The van der Waals surface area contributed by atoms with Gasteiger partial charge in [-0.1, -0.05) is 30.3 Å². The normalized spacial score (nSPS) is 20.7. The summed E-state index contributed by atoms with van der Waals surface area (Å²) in [4.78, 5) is 9.06. The van der Waals surface area contributed by atoms with E-state index in [1.165, 1.54) is 5.56 Å². The van der Waals surface area contributed by atoms with Gasteiger partial charge < -0.3 is 10.1 Å². The van der Waals surface area contributed by atoms with Gasteiger partial charge in [0, 0.05) is 26.1 Å². The van der Waals surface area contributed by atoms with Crippen LogP contribution in [-0.4, -0.2) is 32.9 Å². The molecule has 4 rings (SSSR count). The topological polar surface area (TPSA) is 64.9 Å². The van der Waals surface area contributed by atoms with Crippen molar-refractivity contribution in [2.24, 2.45) is 13.0 Å². The smallest absolute Gasteiger partial charge is 0.163 e. The monoisotopic (exact) mass is 337 g/mol. The number of aromatic nitrogens is 4. The summed E-state index contributed by atoms with van der Waals surface area (Å²) in [5, 5.41) is 8.79. The molecule has 0 spiro atoms. The zero-order valence-electron chi connectivity index (χ0n) is 14.6. The van der Waals surface area contributed by atoms with Crippen molar-refractivity contribution in [1.82, 2.24) is 19.7 Å². The molecular formula is C19H23N5O. The van der Waals surface area contributed by atoms with Gasteiger partial charge in [0.05, 0.1) is 17.7 Å². The van der Waals surface area contributed by atoms with Gasteiger partial charge in [0.25, 0.3) is 0 Å². The maximum atomic E-state index is 6.09. The second-order valence-electron chi connectivity index (χ2n) is 6.61. The maximum absolute atomic E-state index is 6.09. The zero-order valence-corrected chi connectivity index (χ0v) is 14.6. The van der Waals surface area contributed by atoms with Crippen molar-refractivity contribution in [1.29, 1.82) is 0 Å². The minimum absolute atomic E-state index is 0.134. The van der Waals surface area contributed by atoms with E-state index in [0.717, 1.165) is 48.7 Å². The summed E-state index contributed by atoms with van der Waals surface area (Å²) in [6, 6.07) is 10.5. The van der Waals surface area contributed by atoms with E-state index in [2.05, 4.69) is 44.6 Å². The van der Waals surface area contributed by atoms with Crippen LogP contribution in [0.3, 0.4) is 0 Å². The van der Waals surface area contributed by atoms with Gasteiger partial charge in [0.1, 0.15) is 11.6 Å². The van der Waals surface area contributed by atoms with Gasteiger partial charge >= 0.3 is 0 Å². The summed E-state index contributed by atoms with van der Waals surface area (Å²) in [6.07, 6.45) is 4.20. The quantitative estimate of drug-likeness (QED) is 0.792. The summed E-state index contributed by atoms with van der Waals surface area (Å²) >= 11 is 0. The van der Waals surface area contributed by atoms with E-state index < -0.39 is 0 Å². The van der Waals surface area contributed by atoms with Crippen LogP contribution in [0.15, 0.2) is 36.5 Å². The number of aryl methyl sites for hydroxylation is 2. The molecule has 2 unspecified atom stereocenters. The number of hydrogen-bond acceptors (Lipinski definition) is 5. The van der Waals surface area contributed by atoms with E-state index in [9.17, 15) is 0 Å². The summed E-state index contributed by atoms with van der Waals surface area (Å²) < 4.78 is 7.87. The van der Waals surface area contributed by atoms with Gasteiger partial charge in [-0.25, -0.2) is 9.97 Å². The first kappa shape index (κ1) is 16.0. The highest BCUT2D eigenvalue weighted by atomic mass is 16.5. The number of hydrogen-bond donors (Lipinski definition) is 1. The van der Waals surface area contributed by atoms with E-state index in [-0.39, 0.29) is 6.10 Å². The fourth-order valence-corrected chi connectivity index (χ4v) is 3.56. The molecule has 0 aliphatic carbocycles. The number of benzene rings is 1. The van der Waals surface area contributed by atoms with Crippen molar-refractivity contribution in [3.63, 3.8) is 0 Å². The zero-order chi connectivity index (χ0) is 17.2. The molecular weight excluding hydrogens is 314 g/mol. The van der Waals surface area contributed by atoms with Gasteiger partial charge in [0.2, 0.25) is 0 Å². The number of rotatable bonds is 4. The van der Waals surface area contributed by atoms with Gasteiger partial charge in [-0.15, -0.1) is 0 Å². The number of anilines is 1. The van der Waals surface area contributed by atoms with Crippen LogP contribution in [0.25, 0.3) is 11.0 Å². The largest absolute Gasteiger partial charge is 0.373 e. The van der Waals surface area contributed by atoms with Crippen LogP contribution in [0, 0.1) is 12.8 Å². The Bertz CT molecular complexity index is 861. The van der Waals surface area contributed by atoms with Crippen molar-refractivity contribution in [3.05, 3.63) is 47.9 Å². The minimum atomic E-state index is 0.134. The van der Waals surface area contributed by atoms with Crippen LogP contribution in [-0.2, 0) is 11.8 Å². The van der Waals surface area contributed by atoms with Crippen molar-refractivity contribution < 1.29 is 4.74 Å². The van der Waals surface area contributed by atoms with Gasteiger partial charge in [-0.05, 0) is 25.3 Å². The standard InChI is InChI=1S/C19H23N5O/c1-13-22-18(16-12-21-24(2)19(16)23-13)20-11-15-9-6-10-25-17(15)14-7-4-3-5-8-14/h3-5,7-8,12,15,17H,6,9-11H2,1-2H3,(H,20,22,23). The average molecular weight is 337 g/mol. The summed E-state index contributed by atoms with van der Waals surface area (Å²) in [6.45, 7) is 3.56. The molecule has 6 nitrogen and oxygen atoms in total. The molecule has 1 aromatic carbocycles. The molecule has 6 heteroatoms. The molecule has 25 heavy (non-hydrogen) atoms. The van der Waals surface area contributed by atoms with E-state index in [4.69, 9.17) is 4.74 Å². The lowest BCUT2D eigenvalue weighted by atomic mass is 9.89. The molecule has 0 saturated carbocycles. The van der Waals surface area contributed by atoms with Crippen LogP contribution in [0.5, 0.6) is 0 Å². The van der Waals surface area contributed by atoms with Crippen LogP contribution < -0.4 is 5.32 Å². The maximum Gasteiger partial charge on any atom is 0.163 e. The third-order valence-corrected chi connectivity index (χ3v) is 4.81. The fraction of sp³-hybridized carbons (Fsp3) is 0.421. The van der Waals surface area contributed by atoms with Gasteiger partial charge in [0.15, 0.2) is 5.65 Å². The molecule has 0 bridgehead atoms. The van der Waals surface area contributed by atoms with Crippen LogP contribution in [0.1, 0.15) is 30.3 Å². The SMILES string of the molecule is Cc1nc(NCC2CCCOC2c2ccccc2)c2cnn(C)c2n1. The third-order valence-electron chi connectivity index (χ3n) is 4.81. The van der Waals surface area contributed by atoms with Gasteiger partial charge in [-0.2, -0.15) is 5.10 Å². The number of nitrogens with zero attached hydrogens (tertiary/aromatic N) is 4. The molecule has 0 amide bonds. The van der Waals surface area contributed by atoms with Crippen LogP contribution in [0.2, 0.25) is 0 Å². The molecule has 2 aromatic heterocycles. The Labute approximate surface area is 147 Å². The molecule has 3 heterocycles. The first-order chi connectivity index (χ1) is 12.2. The number of ether oxygens (including phenoxy) is 1. The highest BCUT2D eigenvalue weighted by Crippen LogP contribution is 2.34. The lowest BCUT2D eigenvalue weighted by molar-refractivity contribution is -0.0238. The van der Waals surface area contributed by atoms with E-state index in [1.807, 2.05) is 26.2 Å². The second-order valence-corrected chi connectivity index (χ2v) is 6.61. The minimum Gasteiger partial charge on any atom is -0.373 e.